The normalized spacial score (nSPS) is 20.9. The zero-order chi connectivity index (χ0) is 15.1. The van der Waals surface area contributed by atoms with Gasteiger partial charge in [0.2, 0.25) is 0 Å². The second-order valence-electron chi connectivity index (χ2n) is 4.83. The molecular formula is C12H14F2N2O3S. The first-order valence-electron chi connectivity index (χ1n) is 5.93. The monoisotopic (exact) mass is 304 g/mol. The van der Waals surface area contributed by atoms with Crippen molar-refractivity contribution >= 4 is 21.4 Å². The van der Waals surface area contributed by atoms with Gasteiger partial charge >= 0.3 is 0 Å². The molecule has 1 aromatic rings. The van der Waals surface area contributed by atoms with E-state index in [1.54, 1.807) is 0 Å². The van der Waals surface area contributed by atoms with Gasteiger partial charge in [-0.15, -0.1) is 0 Å². The number of amides is 1. The van der Waals surface area contributed by atoms with Gasteiger partial charge in [0.05, 0.1) is 22.8 Å². The summed E-state index contributed by atoms with van der Waals surface area (Å²) in [7, 11) is -1.80. The average molecular weight is 304 g/mol. The molecule has 2 N–H and O–H groups in total. The summed E-state index contributed by atoms with van der Waals surface area (Å²) >= 11 is 0. The Kier molecular flexibility index (Phi) is 3.68. The summed E-state index contributed by atoms with van der Waals surface area (Å²) in [6.07, 6.45) is 0.289. The maximum Gasteiger partial charge on any atom is 0.257 e. The Morgan fingerprint density at radius 1 is 1.40 bits per heavy atom. The molecular weight excluding hydrogens is 290 g/mol. The number of carbonyl (C=O) groups excluding carboxylic acids is 1. The molecule has 0 saturated carbocycles. The summed E-state index contributed by atoms with van der Waals surface area (Å²) in [5.41, 5.74) is 4.33. The molecule has 110 valence electrons. The van der Waals surface area contributed by atoms with Gasteiger partial charge in [-0.2, -0.15) is 0 Å². The maximum absolute atomic E-state index is 13.8. The fourth-order valence-electron chi connectivity index (χ4n) is 2.20. The molecule has 2 rings (SSSR count). The van der Waals surface area contributed by atoms with Crippen LogP contribution in [0, 0.1) is 11.6 Å². The van der Waals surface area contributed by atoms with Crippen LogP contribution in [0.15, 0.2) is 12.1 Å². The van der Waals surface area contributed by atoms with Crippen molar-refractivity contribution in [3.05, 3.63) is 29.3 Å². The number of nitrogens with two attached hydrogens (primary N) is 1. The zero-order valence-corrected chi connectivity index (χ0v) is 11.6. The Balaban J connectivity index is 2.28. The number of hydrogen-bond donors (Lipinski definition) is 1. The molecule has 5 nitrogen and oxygen atoms in total. The van der Waals surface area contributed by atoms with E-state index in [1.165, 1.54) is 7.05 Å². The lowest BCUT2D eigenvalue weighted by Gasteiger charge is -2.23. The molecule has 1 amide bonds. The smallest absolute Gasteiger partial charge is 0.257 e. The van der Waals surface area contributed by atoms with E-state index in [0.29, 0.717) is 0 Å². The van der Waals surface area contributed by atoms with E-state index in [1.807, 2.05) is 0 Å². The molecule has 1 aliphatic heterocycles. The van der Waals surface area contributed by atoms with Crippen LogP contribution in [0.2, 0.25) is 0 Å². The third-order valence-electron chi connectivity index (χ3n) is 3.37. The van der Waals surface area contributed by atoms with E-state index in [0.717, 1.165) is 17.0 Å². The number of benzene rings is 1. The number of sulfone groups is 1. The lowest BCUT2D eigenvalue weighted by atomic mass is 10.1. The second-order valence-corrected chi connectivity index (χ2v) is 7.06. The third-order valence-corrected chi connectivity index (χ3v) is 5.12. The molecule has 1 atom stereocenters. The molecule has 0 aromatic heterocycles. The van der Waals surface area contributed by atoms with Gasteiger partial charge in [-0.1, -0.05) is 0 Å². The Morgan fingerprint density at radius 2 is 2.05 bits per heavy atom. The molecule has 0 radical (unpaired) electrons. The number of halogens is 2. The van der Waals surface area contributed by atoms with Gasteiger partial charge in [-0.3, -0.25) is 4.79 Å². The standard InChI is InChI=1S/C12H14F2N2O3S/c1-16(8-2-3-20(18,19)6-8)12(17)9-4-7(13)5-10(15)11(9)14/h4-5,8H,2-3,6,15H2,1H3. The summed E-state index contributed by atoms with van der Waals surface area (Å²) in [6.45, 7) is 0. The van der Waals surface area contributed by atoms with Gasteiger partial charge in [-0.05, 0) is 18.6 Å². The SMILES string of the molecule is CN(C(=O)c1cc(F)cc(N)c1F)C1CCS(=O)(=O)C1. The van der Waals surface area contributed by atoms with Crippen LogP contribution in [-0.4, -0.2) is 43.8 Å². The summed E-state index contributed by atoms with van der Waals surface area (Å²) in [5.74, 6) is -2.77. The lowest BCUT2D eigenvalue weighted by Crippen LogP contribution is -2.38. The highest BCUT2D eigenvalue weighted by molar-refractivity contribution is 7.91. The van der Waals surface area contributed by atoms with Crippen LogP contribution in [0.3, 0.4) is 0 Å². The van der Waals surface area contributed by atoms with E-state index in [2.05, 4.69) is 0 Å². The Bertz CT molecular complexity index is 661. The largest absolute Gasteiger partial charge is 0.396 e. The van der Waals surface area contributed by atoms with Gasteiger partial charge in [0.15, 0.2) is 15.7 Å². The van der Waals surface area contributed by atoms with Crippen molar-refractivity contribution in [2.75, 3.05) is 24.3 Å². The summed E-state index contributed by atoms with van der Waals surface area (Å²) < 4.78 is 49.8. The number of hydrogen-bond acceptors (Lipinski definition) is 4. The van der Waals surface area contributed by atoms with Crippen molar-refractivity contribution in [1.29, 1.82) is 0 Å². The van der Waals surface area contributed by atoms with Crippen molar-refractivity contribution in [3.63, 3.8) is 0 Å². The highest BCUT2D eigenvalue weighted by atomic mass is 32.2. The van der Waals surface area contributed by atoms with E-state index in [4.69, 9.17) is 5.73 Å². The Morgan fingerprint density at radius 3 is 2.60 bits per heavy atom. The van der Waals surface area contributed by atoms with Gasteiger partial charge in [0.1, 0.15) is 5.82 Å². The van der Waals surface area contributed by atoms with Gasteiger partial charge in [0.25, 0.3) is 5.91 Å². The van der Waals surface area contributed by atoms with Crippen molar-refractivity contribution in [2.24, 2.45) is 0 Å². The summed E-state index contributed by atoms with van der Waals surface area (Å²) in [5, 5.41) is 0. The second kappa shape index (κ2) is 5.01. The minimum atomic E-state index is -3.17. The van der Waals surface area contributed by atoms with Crippen molar-refractivity contribution < 1.29 is 22.0 Å². The van der Waals surface area contributed by atoms with Crippen LogP contribution in [0.25, 0.3) is 0 Å². The molecule has 8 heteroatoms. The van der Waals surface area contributed by atoms with E-state index in [-0.39, 0.29) is 17.9 Å². The fraction of sp³-hybridized carbons (Fsp3) is 0.417. The number of rotatable bonds is 2. The van der Waals surface area contributed by atoms with Crippen LogP contribution in [0.5, 0.6) is 0 Å². The predicted octanol–water partition coefficient (Wildman–Crippen LogP) is 0.806. The first kappa shape index (κ1) is 14.7. The Labute approximate surface area is 115 Å². The van der Waals surface area contributed by atoms with Crippen molar-refractivity contribution in [2.45, 2.75) is 12.5 Å². The molecule has 20 heavy (non-hydrogen) atoms. The third kappa shape index (κ3) is 2.74. The van der Waals surface area contributed by atoms with E-state index in [9.17, 15) is 22.0 Å². The van der Waals surface area contributed by atoms with Crippen LogP contribution in [0.4, 0.5) is 14.5 Å². The molecule has 1 aliphatic rings. The molecule has 0 aliphatic carbocycles. The molecule has 1 aromatic carbocycles. The molecule has 1 heterocycles. The maximum atomic E-state index is 13.8. The van der Waals surface area contributed by atoms with Crippen LogP contribution >= 0.6 is 0 Å². The topological polar surface area (TPSA) is 80.5 Å². The van der Waals surface area contributed by atoms with E-state index >= 15 is 0 Å². The van der Waals surface area contributed by atoms with Gasteiger partial charge in [0, 0.05) is 13.1 Å². The van der Waals surface area contributed by atoms with Crippen molar-refractivity contribution in [1.82, 2.24) is 4.90 Å². The average Bonchev–Trinajstić information content (AvgIpc) is 2.72. The van der Waals surface area contributed by atoms with Crippen LogP contribution in [-0.2, 0) is 9.84 Å². The minimum Gasteiger partial charge on any atom is -0.396 e. The van der Waals surface area contributed by atoms with Crippen molar-refractivity contribution in [3.8, 4) is 0 Å². The van der Waals surface area contributed by atoms with E-state index < -0.39 is 44.7 Å². The molecule has 1 fully saturated rings. The fourth-order valence-corrected chi connectivity index (χ4v) is 3.98. The minimum absolute atomic E-state index is 0.0109. The predicted molar refractivity (Wildman–Crippen MR) is 69.9 cm³/mol. The molecule has 0 bridgehead atoms. The first-order chi connectivity index (χ1) is 9.21. The number of nitrogen functional groups attached to an aromatic ring is 1. The highest BCUT2D eigenvalue weighted by Crippen LogP contribution is 2.22. The molecule has 1 unspecified atom stereocenters. The van der Waals surface area contributed by atoms with Gasteiger partial charge in [-0.25, -0.2) is 17.2 Å². The quantitative estimate of drug-likeness (QED) is 0.820. The lowest BCUT2D eigenvalue weighted by molar-refractivity contribution is 0.0742. The number of carbonyl (C=O) groups is 1. The zero-order valence-electron chi connectivity index (χ0n) is 10.8. The van der Waals surface area contributed by atoms with Crippen LogP contribution < -0.4 is 5.73 Å². The summed E-state index contributed by atoms with van der Waals surface area (Å²) in [6, 6.07) is 1.01. The number of nitrogens with zero attached hydrogens (tertiary/aromatic N) is 1. The van der Waals surface area contributed by atoms with Gasteiger partial charge < -0.3 is 10.6 Å². The first-order valence-corrected chi connectivity index (χ1v) is 7.75. The summed E-state index contributed by atoms with van der Waals surface area (Å²) in [4.78, 5) is 13.3. The molecule has 1 saturated heterocycles. The number of anilines is 1. The van der Waals surface area contributed by atoms with Crippen LogP contribution in [0.1, 0.15) is 16.8 Å². The molecule has 0 spiro atoms. The highest BCUT2D eigenvalue weighted by Gasteiger charge is 2.34. The Hall–Kier alpha value is -1.70.